The van der Waals surface area contributed by atoms with Crippen molar-refractivity contribution in [3.63, 3.8) is 0 Å². The van der Waals surface area contributed by atoms with Gasteiger partial charge < -0.3 is 10.1 Å². The van der Waals surface area contributed by atoms with E-state index in [-0.39, 0.29) is 70.7 Å². The average Bonchev–Trinajstić information content (AvgIpc) is 3.36. The van der Waals surface area contributed by atoms with E-state index in [0.29, 0.717) is 63.6 Å². The number of carbonyl (C=O) groups is 4. The van der Waals surface area contributed by atoms with Crippen molar-refractivity contribution in [3.8, 4) is 0 Å². The zero-order valence-electron chi connectivity index (χ0n) is 26.7. The maximum Gasteiger partial charge on any atom is 0.416 e. The lowest BCUT2D eigenvalue weighted by atomic mass is 9.44. The number of nitrogens with two attached hydrogens (primary N) is 1. The van der Waals surface area contributed by atoms with Crippen molar-refractivity contribution in [1.82, 2.24) is 0 Å². The Morgan fingerprint density at radius 1 is 0.978 bits per heavy atom. The van der Waals surface area contributed by atoms with E-state index in [4.69, 9.17) is 4.74 Å². The molecule has 9 heteroatoms. The molecule has 1 saturated heterocycles. The number of ketones is 3. The SMILES string of the molecule is C[C@H](CCC(=O)OC1(c2ccc(C(F)(F)F)cc2)CC[NH2+]CC1)[C@H]1CC[C@H]2[C@@H]3C(=O)C[C@@H]4CC(=O)CC[C@]4(C)[C@H]3CC(=O)[C@]12C. The summed E-state index contributed by atoms with van der Waals surface area (Å²) in [6, 6.07) is 4.98. The van der Waals surface area contributed by atoms with Gasteiger partial charge in [0.2, 0.25) is 0 Å². The fourth-order valence-electron chi connectivity index (χ4n) is 10.6. The summed E-state index contributed by atoms with van der Waals surface area (Å²) in [6.07, 6.45) is 1.57. The number of quaternary nitrogens is 1. The minimum absolute atomic E-state index is 0.000541. The van der Waals surface area contributed by atoms with Gasteiger partial charge in [-0.05, 0) is 78.4 Å². The molecule has 0 bridgehead atoms. The van der Waals surface area contributed by atoms with E-state index in [1.165, 1.54) is 12.1 Å². The van der Waals surface area contributed by atoms with Crippen molar-refractivity contribution >= 4 is 23.3 Å². The van der Waals surface area contributed by atoms with Crippen LogP contribution in [0.4, 0.5) is 13.2 Å². The molecular weight excluding hydrogens is 583 g/mol. The number of esters is 1. The number of benzene rings is 1. The minimum Gasteiger partial charge on any atom is -0.454 e. The van der Waals surface area contributed by atoms with E-state index in [9.17, 15) is 32.3 Å². The molecule has 6 rings (SSSR count). The molecule has 1 aromatic carbocycles. The third-order valence-corrected chi connectivity index (χ3v) is 13.3. The van der Waals surface area contributed by atoms with Crippen molar-refractivity contribution in [1.29, 1.82) is 0 Å². The van der Waals surface area contributed by atoms with Crippen molar-refractivity contribution in [2.45, 2.75) is 103 Å². The zero-order chi connectivity index (χ0) is 32.4. The normalized spacial score (nSPS) is 36.9. The number of fused-ring (bicyclic) bond motifs is 5. The third kappa shape index (κ3) is 5.48. The summed E-state index contributed by atoms with van der Waals surface area (Å²) in [5, 5.41) is 2.12. The van der Waals surface area contributed by atoms with Crippen LogP contribution in [0.1, 0.15) is 103 Å². The highest BCUT2D eigenvalue weighted by atomic mass is 19.4. The standard InChI is InChI=1S/C36H46F3NO5/c1-21(4-11-31(44)45-35(14-16-40-17-15-35)22-5-7-23(8-6-22)36(37,38)39)26-9-10-27-32-28(20-30(43)34(26,27)3)33(2)13-12-25(41)18-24(33)19-29(32)42/h5-8,21,24,26-28,32,40H,4,9-20H2,1-3H3/p+1/t21-,24+,26-,27+,28+,32+,33+,34-/m1/s1. The number of rotatable bonds is 6. The smallest absolute Gasteiger partial charge is 0.416 e. The molecule has 6 nitrogen and oxygen atoms in total. The molecule has 2 N–H and O–H groups in total. The molecule has 0 unspecified atom stereocenters. The highest BCUT2D eigenvalue weighted by Gasteiger charge is 2.66. The third-order valence-electron chi connectivity index (χ3n) is 13.3. The van der Waals surface area contributed by atoms with Gasteiger partial charge in [-0.15, -0.1) is 0 Å². The molecule has 5 fully saturated rings. The molecule has 0 spiro atoms. The average molecular weight is 631 g/mol. The summed E-state index contributed by atoms with van der Waals surface area (Å²) >= 11 is 0. The quantitative estimate of drug-likeness (QED) is 0.401. The van der Waals surface area contributed by atoms with Crippen LogP contribution in [0.2, 0.25) is 0 Å². The molecule has 4 aliphatic carbocycles. The van der Waals surface area contributed by atoms with E-state index in [2.05, 4.69) is 26.1 Å². The van der Waals surface area contributed by atoms with E-state index < -0.39 is 22.8 Å². The van der Waals surface area contributed by atoms with Gasteiger partial charge in [0, 0.05) is 56.3 Å². The topological polar surface area (TPSA) is 94.1 Å². The molecular formula is C36H47F3NO5+. The highest BCUT2D eigenvalue weighted by Crippen LogP contribution is 2.66. The van der Waals surface area contributed by atoms with Crippen molar-refractivity contribution in [2.75, 3.05) is 13.1 Å². The van der Waals surface area contributed by atoms with Gasteiger partial charge in [0.1, 0.15) is 23.0 Å². The fraction of sp³-hybridized carbons (Fsp3) is 0.722. The maximum atomic E-state index is 14.1. The molecule has 4 saturated carbocycles. The monoisotopic (exact) mass is 630 g/mol. The van der Waals surface area contributed by atoms with E-state index in [1.807, 2.05) is 0 Å². The Morgan fingerprint density at radius 3 is 2.33 bits per heavy atom. The Morgan fingerprint density at radius 2 is 1.67 bits per heavy atom. The molecule has 45 heavy (non-hydrogen) atoms. The lowest BCUT2D eigenvalue weighted by Crippen LogP contribution is -2.87. The van der Waals surface area contributed by atoms with Gasteiger partial charge in [-0.2, -0.15) is 13.2 Å². The minimum atomic E-state index is -4.43. The number of alkyl halides is 3. The van der Waals surface area contributed by atoms with Gasteiger partial charge >= 0.3 is 12.1 Å². The first-order chi connectivity index (χ1) is 21.2. The Balaban J connectivity index is 1.14. The molecule has 0 amide bonds. The molecule has 0 radical (unpaired) electrons. The first-order valence-electron chi connectivity index (χ1n) is 17.0. The number of carbonyl (C=O) groups excluding carboxylic acids is 4. The van der Waals surface area contributed by atoms with Crippen molar-refractivity contribution in [3.05, 3.63) is 35.4 Å². The Kier molecular flexibility index (Phi) is 8.35. The number of hydrogen-bond donors (Lipinski definition) is 1. The Hall–Kier alpha value is -2.55. The number of halogens is 3. The second kappa shape index (κ2) is 11.6. The number of Topliss-reactive ketones (excluding diaryl/α,β-unsaturated/α-hetero) is 3. The summed E-state index contributed by atoms with van der Waals surface area (Å²) in [4.78, 5) is 53.4. The van der Waals surface area contributed by atoms with Crippen LogP contribution in [0.15, 0.2) is 24.3 Å². The van der Waals surface area contributed by atoms with Gasteiger partial charge in [-0.1, -0.05) is 32.9 Å². The van der Waals surface area contributed by atoms with Gasteiger partial charge in [-0.25, -0.2) is 0 Å². The van der Waals surface area contributed by atoms with Gasteiger partial charge in [0.25, 0.3) is 0 Å². The van der Waals surface area contributed by atoms with Crippen LogP contribution in [0.25, 0.3) is 0 Å². The molecule has 1 heterocycles. The first-order valence-corrected chi connectivity index (χ1v) is 17.0. The summed E-state index contributed by atoms with van der Waals surface area (Å²) < 4.78 is 45.7. The highest BCUT2D eigenvalue weighted by molar-refractivity contribution is 5.93. The molecule has 0 aromatic heterocycles. The molecule has 246 valence electrons. The van der Waals surface area contributed by atoms with Crippen molar-refractivity contribution < 1.29 is 42.4 Å². The predicted molar refractivity (Wildman–Crippen MR) is 160 cm³/mol. The molecule has 1 aliphatic heterocycles. The van der Waals surface area contributed by atoms with Crippen LogP contribution in [0.3, 0.4) is 0 Å². The number of ether oxygens (including phenoxy) is 1. The van der Waals surface area contributed by atoms with Crippen LogP contribution < -0.4 is 5.32 Å². The molecule has 8 atom stereocenters. The number of hydrogen-bond acceptors (Lipinski definition) is 5. The van der Waals surface area contributed by atoms with Crippen LogP contribution in [0, 0.1) is 46.3 Å². The zero-order valence-corrected chi connectivity index (χ0v) is 26.7. The van der Waals surface area contributed by atoms with E-state index >= 15 is 0 Å². The van der Waals surface area contributed by atoms with E-state index in [0.717, 1.165) is 31.4 Å². The summed E-state index contributed by atoms with van der Waals surface area (Å²) in [5.41, 5.74) is -1.86. The Bertz CT molecular complexity index is 1350. The molecule has 1 aromatic rings. The fourth-order valence-corrected chi connectivity index (χ4v) is 10.6. The van der Waals surface area contributed by atoms with Crippen LogP contribution >= 0.6 is 0 Å². The largest absolute Gasteiger partial charge is 0.454 e. The summed E-state index contributed by atoms with van der Waals surface area (Å²) in [5.74, 6) is 0.340. The van der Waals surface area contributed by atoms with Crippen LogP contribution in [-0.4, -0.2) is 36.4 Å². The predicted octanol–water partition coefficient (Wildman–Crippen LogP) is 5.80. The van der Waals surface area contributed by atoms with Gasteiger partial charge in [0.05, 0.1) is 18.7 Å². The lowest BCUT2D eigenvalue weighted by Gasteiger charge is -2.58. The van der Waals surface area contributed by atoms with Crippen LogP contribution in [0.5, 0.6) is 0 Å². The second-order valence-electron chi connectivity index (χ2n) is 15.4. The Labute approximate surface area is 263 Å². The van der Waals surface area contributed by atoms with Gasteiger partial charge in [-0.3, -0.25) is 19.2 Å². The maximum absolute atomic E-state index is 14.1. The second-order valence-corrected chi connectivity index (χ2v) is 15.4. The summed E-state index contributed by atoms with van der Waals surface area (Å²) in [6.45, 7) is 7.80. The lowest BCUT2D eigenvalue weighted by molar-refractivity contribution is -0.668. The number of piperidine rings is 1. The van der Waals surface area contributed by atoms with Gasteiger partial charge in [0.15, 0.2) is 0 Å². The van der Waals surface area contributed by atoms with Crippen molar-refractivity contribution in [2.24, 2.45) is 46.3 Å². The van der Waals surface area contributed by atoms with E-state index in [1.54, 1.807) is 0 Å². The summed E-state index contributed by atoms with van der Waals surface area (Å²) in [7, 11) is 0. The van der Waals surface area contributed by atoms with Crippen LogP contribution in [-0.2, 0) is 35.7 Å². The molecule has 5 aliphatic rings. The first kappa shape index (κ1) is 32.4.